The van der Waals surface area contributed by atoms with Gasteiger partial charge < -0.3 is 4.74 Å². The van der Waals surface area contributed by atoms with Crippen LogP contribution in [0.4, 0.5) is 0 Å². The second kappa shape index (κ2) is 6.85. The van der Waals surface area contributed by atoms with Crippen molar-refractivity contribution in [2.24, 2.45) is 23.2 Å². The number of thiol groups is 1. The van der Waals surface area contributed by atoms with Crippen molar-refractivity contribution in [1.29, 1.82) is 0 Å². The largest absolute Gasteiger partial charge is 0.381 e. The van der Waals surface area contributed by atoms with Gasteiger partial charge >= 0.3 is 0 Å². The molecule has 1 fully saturated rings. The maximum absolute atomic E-state index is 5.95. The number of rotatable bonds is 6. The Balaban J connectivity index is 2.94. The van der Waals surface area contributed by atoms with E-state index in [0.29, 0.717) is 11.8 Å². The van der Waals surface area contributed by atoms with E-state index in [1.807, 2.05) is 0 Å². The van der Waals surface area contributed by atoms with Crippen LogP contribution in [0.3, 0.4) is 0 Å². The predicted molar refractivity (Wildman–Crippen MR) is 88.0 cm³/mol. The Morgan fingerprint density at radius 1 is 1.37 bits per heavy atom. The van der Waals surface area contributed by atoms with Gasteiger partial charge in [0.1, 0.15) is 0 Å². The molecular weight excluding hydrogens is 252 g/mol. The maximum atomic E-state index is 5.95. The van der Waals surface area contributed by atoms with Crippen molar-refractivity contribution in [1.82, 2.24) is 0 Å². The third-order valence-electron chi connectivity index (χ3n) is 4.90. The van der Waals surface area contributed by atoms with Crippen LogP contribution in [0.5, 0.6) is 0 Å². The topological polar surface area (TPSA) is 9.23 Å². The fourth-order valence-corrected chi connectivity index (χ4v) is 4.36. The molecule has 0 saturated carbocycles. The van der Waals surface area contributed by atoms with Crippen LogP contribution in [0.1, 0.15) is 67.2 Å². The highest BCUT2D eigenvalue weighted by atomic mass is 32.1. The summed E-state index contributed by atoms with van der Waals surface area (Å²) in [5.41, 5.74) is 0.241. The molecule has 1 aliphatic rings. The van der Waals surface area contributed by atoms with Crippen LogP contribution in [0, 0.1) is 23.2 Å². The molecular formula is C17H34OS. The van der Waals surface area contributed by atoms with E-state index in [1.165, 1.54) is 25.7 Å². The first kappa shape index (κ1) is 17.4. The van der Waals surface area contributed by atoms with Crippen LogP contribution in [-0.2, 0) is 4.74 Å². The highest BCUT2D eigenvalue weighted by molar-refractivity contribution is 7.81. The second-order valence-corrected chi connectivity index (χ2v) is 8.68. The smallest absolute Gasteiger partial charge is 0.0535 e. The minimum Gasteiger partial charge on any atom is -0.381 e. The Morgan fingerprint density at radius 3 is 2.47 bits per heavy atom. The van der Waals surface area contributed by atoms with E-state index in [1.54, 1.807) is 0 Å². The van der Waals surface area contributed by atoms with Gasteiger partial charge in [-0.3, -0.25) is 0 Å². The lowest BCUT2D eigenvalue weighted by Crippen LogP contribution is -2.51. The summed E-state index contributed by atoms with van der Waals surface area (Å²) < 4.78 is 6.02. The molecule has 1 heterocycles. The van der Waals surface area contributed by atoms with Gasteiger partial charge in [0, 0.05) is 16.8 Å². The standard InChI is InChI=1S/C17H34OS/c1-7-14(4)9-16(6,19)17(8-13(2)3)10-15(5)11-18-12-17/h13-15,19H,7-12H2,1-6H3. The molecule has 0 aromatic rings. The van der Waals surface area contributed by atoms with Crippen molar-refractivity contribution in [3.63, 3.8) is 0 Å². The summed E-state index contributed by atoms with van der Waals surface area (Å²) in [7, 11) is 0. The molecule has 0 radical (unpaired) electrons. The van der Waals surface area contributed by atoms with Crippen LogP contribution in [-0.4, -0.2) is 18.0 Å². The van der Waals surface area contributed by atoms with Crippen LogP contribution in [0.15, 0.2) is 0 Å². The van der Waals surface area contributed by atoms with E-state index in [-0.39, 0.29) is 10.2 Å². The zero-order chi connectivity index (χ0) is 14.7. The molecule has 1 nitrogen and oxygen atoms in total. The highest BCUT2D eigenvalue weighted by Crippen LogP contribution is 2.51. The summed E-state index contributed by atoms with van der Waals surface area (Å²) >= 11 is 5.14. The second-order valence-electron chi connectivity index (χ2n) is 7.69. The zero-order valence-corrected chi connectivity index (χ0v) is 14.7. The average Bonchev–Trinajstić information content (AvgIpc) is 2.27. The van der Waals surface area contributed by atoms with E-state index in [0.717, 1.165) is 19.1 Å². The molecule has 0 aliphatic carbocycles. The first-order valence-electron chi connectivity index (χ1n) is 8.02. The van der Waals surface area contributed by atoms with E-state index >= 15 is 0 Å². The molecule has 0 spiro atoms. The Morgan fingerprint density at radius 2 is 2.00 bits per heavy atom. The molecule has 0 aromatic heterocycles. The average molecular weight is 287 g/mol. The Bertz CT molecular complexity index is 270. The van der Waals surface area contributed by atoms with Gasteiger partial charge in [0.15, 0.2) is 0 Å². The van der Waals surface area contributed by atoms with Crippen molar-refractivity contribution in [2.45, 2.75) is 72.0 Å². The number of hydrogen-bond acceptors (Lipinski definition) is 2. The Kier molecular flexibility index (Phi) is 6.26. The van der Waals surface area contributed by atoms with Gasteiger partial charge in [0.25, 0.3) is 0 Å². The van der Waals surface area contributed by atoms with Crippen LogP contribution in [0.25, 0.3) is 0 Å². The van der Waals surface area contributed by atoms with E-state index in [9.17, 15) is 0 Å². The lowest BCUT2D eigenvalue weighted by molar-refractivity contribution is -0.0683. The molecule has 0 amide bonds. The summed E-state index contributed by atoms with van der Waals surface area (Å²) in [5, 5.41) is 0. The monoisotopic (exact) mass is 286 g/mol. The Labute approximate surface area is 126 Å². The SMILES string of the molecule is CCC(C)CC(C)(S)C1(CC(C)C)COCC(C)C1. The minimum absolute atomic E-state index is 0.0708. The molecule has 4 atom stereocenters. The van der Waals surface area contributed by atoms with Crippen LogP contribution >= 0.6 is 12.6 Å². The summed E-state index contributed by atoms with van der Waals surface area (Å²) in [6, 6.07) is 0. The number of hydrogen-bond donors (Lipinski definition) is 1. The van der Waals surface area contributed by atoms with Gasteiger partial charge in [-0.2, -0.15) is 12.6 Å². The highest BCUT2D eigenvalue weighted by Gasteiger charge is 2.48. The van der Waals surface area contributed by atoms with Crippen LogP contribution in [0.2, 0.25) is 0 Å². The van der Waals surface area contributed by atoms with Crippen molar-refractivity contribution in [3.05, 3.63) is 0 Å². The molecule has 0 bridgehead atoms. The van der Waals surface area contributed by atoms with Crippen LogP contribution < -0.4 is 0 Å². The summed E-state index contributed by atoms with van der Waals surface area (Å²) in [6.07, 6.45) is 4.93. The maximum Gasteiger partial charge on any atom is 0.0535 e. The van der Waals surface area contributed by atoms with E-state index in [4.69, 9.17) is 17.4 Å². The number of ether oxygens (including phenoxy) is 1. The lowest BCUT2D eigenvalue weighted by atomic mass is 9.63. The fraction of sp³-hybridized carbons (Fsp3) is 1.00. The minimum atomic E-state index is 0.0708. The first-order chi connectivity index (χ1) is 8.72. The van der Waals surface area contributed by atoms with Crippen molar-refractivity contribution >= 4 is 12.6 Å². The molecule has 114 valence electrons. The van der Waals surface area contributed by atoms with Gasteiger partial charge in [0.05, 0.1) is 6.61 Å². The van der Waals surface area contributed by atoms with E-state index in [2.05, 4.69) is 41.5 Å². The van der Waals surface area contributed by atoms with Gasteiger partial charge in [-0.05, 0) is 37.0 Å². The molecule has 1 saturated heterocycles. The zero-order valence-electron chi connectivity index (χ0n) is 13.8. The van der Waals surface area contributed by atoms with Gasteiger partial charge in [-0.15, -0.1) is 0 Å². The van der Waals surface area contributed by atoms with Gasteiger partial charge in [-0.1, -0.05) is 48.0 Å². The van der Waals surface area contributed by atoms with Crippen molar-refractivity contribution in [2.75, 3.05) is 13.2 Å². The van der Waals surface area contributed by atoms with Crippen molar-refractivity contribution in [3.8, 4) is 0 Å². The fourth-order valence-electron chi connectivity index (χ4n) is 3.80. The Hall–Kier alpha value is 0.310. The molecule has 0 aromatic carbocycles. The van der Waals surface area contributed by atoms with Crippen molar-refractivity contribution < 1.29 is 4.74 Å². The predicted octanol–water partition coefficient (Wildman–Crippen LogP) is 5.20. The quantitative estimate of drug-likeness (QED) is 0.660. The van der Waals surface area contributed by atoms with E-state index < -0.39 is 0 Å². The molecule has 2 heteroatoms. The first-order valence-corrected chi connectivity index (χ1v) is 8.47. The third kappa shape index (κ3) is 4.39. The third-order valence-corrected chi connectivity index (χ3v) is 5.56. The molecule has 19 heavy (non-hydrogen) atoms. The lowest BCUT2D eigenvalue weighted by Gasteiger charge is -2.51. The van der Waals surface area contributed by atoms with Gasteiger partial charge in [0.2, 0.25) is 0 Å². The summed E-state index contributed by atoms with van der Waals surface area (Å²) in [6.45, 7) is 15.8. The van der Waals surface area contributed by atoms with Gasteiger partial charge in [-0.25, -0.2) is 0 Å². The molecule has 4 unspecified atom stereocenters. The normalized spacial score (nSPS) is 33.2. The summed E-state index contributed by atoms with van der Waals surface area (Å²) in [5.74, 6) is 2.11. The molecule has 0 N–H and O–H groups in total. The molecule has 1 rings (SSSR count). The molecule has 1 aliphatic heterocycles. The summed E-state index contributed by atoms with van der Waals surface area (Å²) in [4.78, 5) is 0.